The fraction of sp³-hybridized carbons (Fsp3) is 0.0556. The monoisotopic (exact) mass is 342 g/mol. The summed E-state index contributed by atoms with van der Waals surface area (Å²) in [4.78, 5) is 32.4. The molecule has 0 aliphatic heterocycles. The van der Waals surface area contributed by atoms with Crippen LogP contribution in [0.3, 0.4) is 0 Å². The van der Waals surface area contributed by atoms with Gasteiger partial charge in [-0.1, -0.05) is 24.3 Å². The molecule has 0 bridgehead atoms. The number of aromatic carboxylic acids is 1. The Morgan fingerprint density at radius 1 is 0.840 bits per heavy atom. The maximum atomic E-state index is 10.8. The van der Waals surface area contributed by atoms with Crippen LogP contribution in [0.2, 0.25) is 0 Å². The van der Waals surface area contributed by atoms with E-state index in [2.05, 4.69) is 0 Å². The Morgan fingerprint density at radius 3 is 1.88 bits per heavy atom. The average Bonchev–Trinajstić information content (AvgIpc) is 2.58. The second kappa shape index (κ2) is 7.78. The Morgan fingerprint density at radius 2 is 1.40 bits per heavy atom. The van der Waals surface area contributed by atoms with Gasteiger partial charge in [0.15, 0.2) is 0 Å². The van der Waals surface area contributed by atoms with Crippen LogP contribution in [-0.2, 0) is 16.2 Å². The van der Waals surface area contributed by atoms with Gasteiger partial charge in [-0.25, -0.2) is 14.4 Å². The van der Waals surface area contributed by atoms with E-state index in [0.717, 1.165) is 11.6 Å². The SMILES string of the molecule is O=C(O)C(=Cc1ccc(OCc2ccc(C(=O)O)cc2)cc1)C(=O)O. The molecule has 0 saturated carbocycles. The van der Waals surface area contributed by atoms with Crippen LogP contribution in [0.5, 0.6) is 5.75 Å². The van der Waals surface area contributed by atoms with Crippen LogP contribution in [-0.4, -0.2) is 33.2 Å². The summed E-state index contributed by atoms with van der Waals surface area (Å²) >= 11 is 0. The van der Waals surface area contributed by atoms with Crippen molar-refractivity contribution < 1.29 is 34.4 Å². The smallest absolute Gasteiger partial charge is 0.343 e. The molecular weight excluding hydrogens is 328 g/mol. The molecule has 0 radical (unpaired) electrons. The molecule has 0 heterocycles. The fourth-order valence-electron chi connectivity index (χ4n) is 1.95. The van der Waals surface area contributed by atoms with Crippen LogP contribution in [0.1, 0.15) is 21.5 Å². The normalized spacial score (nSPS) is 9.92. The van der Waals surface area contributed by atoms with Crippen LogP contribution < -0.4 is 4.74 Å². The lowest BCUT2D eigenvalue weighted by atomic mass is 10.1. The van der Waals surface area contributed by atoms with E-state index in [1.165, 1.54) is 24.3 Å². The van der Waals surface area contributed by atoms with Crippen molar-refractivity contribution in [2.24, 2.45) is 0 Å². The van der Waals surface area contributed by atoms with Crippen molar-refractivity contribution in [3.05, 3.63) is 70.8 Å². The summed E-state index contributed by atoms with van der Waals surface area (Å²) in [5.41, 5.74) is 0.658. The van der Waals surface area contributed by atoms with E-state index >= 15 is 0 Å². The molecule has 7 nitrogen and oxygen atoms in total. The minimum atomic E-state index is -1.52. The summed E-state index contributed by atoms with van der Waals surface area (Å²) in [6.45, 7) is 0.227. The second-order valence-corrected chi connectivity index (χ2v) is 5.03. The molecule has 0 amide bonds. The van der Waals surface area contributed by atoms with Crippen molar-refractivity contribution >= 4 is 24.0 Å². The third-order valence-corrected chi connectivity index (χ3v) is 3.26. The highest BCUT2D eigenvalue weighted by Gasteiger charge is 2.15. The Balaban J connectivity index is 2.03. The van der Waals surface area contributed by atoms with Gasteiger partial charge in [0.1, 0.15) is 17.9 Å². The number of aliphatic carboxylic acids is 2. The number of carboxylic acid groups (broad SMARTS) is 3. The number of carboxylic acids is 3. The molecule has 0 aliphatic carbocycles. The van der Waals surface area contributed by atoms with Crippen molar-refractivity contribution in [2.75, 3.05) is 0 Å². The van der Waals surface area contributed by atoms with E-state index in [9.17, 15) is 14.4 Å². The molecule has 0 aromatic heterocycles. The van der Waals surface area contributed by atoms with E-state index in [4.69, 9.17) is 20.1 Å². The molecule has 2 rings (SSSR count). The standard InChI is InChI=1S/C18H14O7/c19-16(20)13-5-1-12(2-6-13)10-25-14-7-3-11(4-8-14)9-15(17(21)22)18(23)24/h1-9H,10H2,(H,19,20)(H,21,22)(H,23,24). The Bertz CT molecular complexity index is 802. The number of carbonyl (C=O) groups is 3. The van der Waals surface area contributed by atoms with Gasteiger partial charge in [-0.15, -0.1) is 0 Å². The molecule has 25 heavy (non-hydrogen) atoms. The summed E-state index contributed by atoms with van der Waals surface area (Å²) in [6, 6.07) is 12.5. The Kier molecular flexibility index (Phi) is 5.52. The van der Waals surface area contributed by atoms with Gasteiger partial charge in [0, 0.05) is 0 Å². The zero-order chi connectivity index (χ0) is 18.4. The minimum absolute atomic E-state index is 0.188. The molecular formula is C18H14O7. The first-order valence-corrected chi connectivity index (χ1v) is 7.10. The largest absolute Gasteiger partial charge is 0.489 e. The van der Waals surface area contributed by atoms with Crippen LogP contribution in [0.15, 0.2) is 54.1 Å². The summed E-state index contributed by atoms with van der Waals surface area (Å²) in [5.74, 6) is -3.53. The maximum Gasteiger partial charge on any atom is 0.343 e. The first-order chi connectivity index (χ1) is 11.9. The first kappa shape index (κ1) is 17.7. The van der Waals surface area contributed by atoms with Crippen LogP contribution in [0.25, 0.3) is 6.08 Å². The summed E-state index contributed by atoms with van der Waals surface area (Å²) < 4.78 is 5.55. The fourth-order valence-corrected chi connectivity index (χ4v) is 1.95. The van der Waals surface area contributed by atoms with E-state index in [-0.39, 0.29) is 12.2 Å². The van der Waals surface area contributed by atoms with Crippen LogP contribution in [0, 0.1) is 0 Å². The molecule has 0 unspecified atom stereocenters. The Labute approximate surface area is 142 Å². The van der Waals surface area contributed by atoms with Crippen LogP contribution in [0.4, 0.5) is 0 Å². The highest BCUT2D eigenvalue weighted by molar-refractivity contribution is 6.16. The minimum Gasteiger partial charge on any atom is -0.489 e. The molecule has 0 atom stereocenters. The second-order valence-electron chi connectivity index (χ2n) is 5.03. The lowest BCUT2D eigenvalue weighted by Crippen LogP contribution is -2.10. The molecule has 2 aromatic carbocycles. The van der Waals surface area contributed by atoms with Gasteiger partial charge in [0.25, 0.3) is 0 Å². The maximum absolute atomic E-state index is 10.8. The van der Waals surface area contributed by atoms with Crippen molar-refractivity contribution in [1.29, 1.82) is 0 Å². The molecule has 2 aromatic rings. The van der Waals surface area contributed by atoms with Crippen molar-refractivity contribution in [2.45, 2.75) is 6.61 Å². The van der Waals surface area contributed by atoms with E-state index in [1.807, 2.05) is 0 Å². The summed E-state index contributed by atoms with van der Waals surface area (Å²) in [6.07, 6.45) is 1.05. The summed E-state index contributed by atoms with van der Waals surface area (Å²) in [7, 11) is 0. The van der Waals surface area contributed by atoms with Crippen molar-refractivity contribution in [3.63, 3.8) is 0 Å². The zero-order valence-electron chi connectivity index (χ0n) is 12.9. The van der Waals surface area contributed by atoms with Gasteiger partial charge in [-0.05, 0) is 41.5 Å². The number of benzene rings is 2. The Hall–Kier alpha value is -3.61. The number of hydrogen-bond acceptors (Lipinski definition) is 4. The van der Waals surface area contributed by atoms with E-state index in [0.29, 0.717) is 11.3 Å². The molecule has 0 spiro atoms. The number of ether oxygens (including phenoxy) is 1. The molecule has 0 fully saturated rings. The van der Waals surface area contributed by atoms with E-state index in [1.54, 1.807) is 24.3 Å². The van der Waals surface area contributed by atoms with Crippen molar-refractivity contribution in [1.82, 2.24) is 0 Å². The number of hydrogen-bond donors (Lipinski definition) is 3. The highest BCUT2D eigenvalue weighted by atomic mass is 16.5. The van der Waals surface area contributed by atoms with Gasteiger partial charge < -0.3 is 20.1 Å². The quantitative estimate of drug-likeness (QED) is 0.401. The zero-order valence-corrected chi connectivity index (χ0v) is 12.9. The van der Waals surface area contributed by atoms with Gasteiger partial charge in [-0.2, -0.15) is 0 Å². The first-order valence-electron chi connectivity index (χ1n) is 7.10. The van der Waals surface area contributed by atoms with Gasteiger partial charge in [0.05, 0.1) is 5.56 Å². The lowest BCUT2D eigenvalue weighted by molar-refractivity contribution is -0.140. The third-order valence-electron chi connectivity index (χ3n) is 3.26. The molecule has 0 saturated heterocycles. The van der Waals surface area contributed by atoms with Gasteiger partial charge in [0.2, 0.25) is 0 Å². The third kappa shape index (κ3) is 4.93. The van der Waals surface area contributed by atoms with E-state index < -0.39 is 23.5 Å². The molecule has 3 N–H and O–H groups in total. The molecule has 128 valence electrons. The highest BCUT2D eigenvalue weighted by Crippen LogP contribution is 2.16. The number of rotatable bonds is 7. The average molecular weight is 342 g/mol. The predicted molar refractivity (Wildman–Crippen MR) is 87.4 cm³/mol. The molecule has 7 heteroatoms. The van der Waals surface area contributed by atoms with Gasteiger partial charge >= 0.3 is 17.9 Å². The van der Waals surface area contributed by atoms with Crippen molar-refractivity contribution in [3.8, 4) is 5.75 Å². The topological polar surface area (TPSA) is 121 Å². The molecule has 0 aliphatic rings. The predicted octanol–water partition coefficient (Wildman–Crippen LogP) is 2.52. The summed E-state index contributed by atoms with van der Waals surface area (Å²) in [5, 5.41) is 26.5. The van der Waals surface area contributed by atoms with Crippen LogP contribution >= 0.6 is 0 Å². The van der Waals surface area contributed by atoms with Gasteiger partial charge in [-0.3, -0.25) is 0 Å². The lowest BCUT2D eigenvalue weighted by Gasteiger charge is -2.07.